The minimum absolute atomic E-state index is 0.0724. The van der Waals surface area contributed by atoms with E-state index in [2.05, 4.69) is 4.98 Å². The van der Waals surface area contributed by atoms with Gasteiger partial charge in [-0.25, -0.2) is 4.98 Å². The molecule has 1 aromatic carbocycles. The predicted octanol–water partition coefficient (Wildman–Crippen LogP) is 1.90. The molecule has 4 heteroatoms. The number of carbonyl (C=O) groups excluding carboxylic acids is 1. The van der Waals surface area contributed by atoms with Crippen LogP contribution in [0.3, 0.4) is 0 Å². The molecule has 2 aromatic rings. The van der Waals surface area contributed by atoms with Gasteiger partial charge in [0.25, 0.3) is 0 Å². The molecule has 0 aliphatic rings. The van der Waals surface area contributed by atoms with Crippen molar-refractivity contribution in [3.63, 3.8) is 0 Å². The van der Waals surface area contributed by atoms with E-state index in [-0.39, 0.29) is 24.1 Å². The van der Waals surface area contributed by atoms with Crippen LogP contribution in [0.1, 0.15) is 27.4 Å². The summed E-state index contributed by atoms with van der Waals surface area (Å²) in [5.41, 5.74) is 13.8. The summed E-state index contributed by atoms with van der Waals surface area (Å²) in [4.78, 5) is 16.6. The Morgan fingerprint density at radius 3 is 2.53 bits per heavy atom. The molecule has 1 heterocycles. The van der Waals surface area contributed by atoms with Crippen LogP contribution in [0.15, 0.2) is 42.6 Å². The van der Waals surface area contributed by atoms with Crippen molar-refractivity contribution in [3.8, 4) is 0 Å². The minimum Gasteiger partial charge on any atom is -0.383 e. The molecule has 0 aliphatic heterocycles. The van der Waals surface area contributed by atoms with Gasteiger partial charge in [-0.3, -0.25) is 4.79 Å². The maximum atomic E-state index is 12.6. The molecule has 2 rings (SSSR count). The lowest BCUT2D eigenvalue weighted by atomic mass is 9.89. The second-order valence-corrected chi connectivity index (χ2v) is 4.45. The molecule has 98 valence electrons. The average molecular weight is 255 g/mol. The maximum absolute atomic E-state index is 12.6. The summed E-state index contributed by atoms with van der Waals surface area (Å²) in [5.74, 6) is -0.192. The minimum atomic E-state index is -0.383. The van der Waals surface area contributed by atoms with Gasteiger partial charge in [-0.15, -0.1) is 0 Å². The molecule has 0 spiro atoms. The highest BCUT2D eigenvalue weighted by atomic mass is 16.1. The van der Waals surface area contributed by atoms with E-state index in [1.165, 1.54) is 0 Å². The largest absolute Gasteiger partial charge is 0.383 e. The highest BCUT2D eigenvalue weighted by Crippen LogP contribution is 2.24. The third-order valence-corrected chi connectivity index (χ3v) is 3.19. The first-order valence-corrected chi connectivity index (χ1v) is 6.15. The summed E-state index contributed by atoms with van der Waals surface area (Å²) >= 11 is 0. The number of aromatic nitrogens is 1. The molecule has 0 aliphatic carbocycles. The van der Waals surface area contributed by atoms with Crippen LogP contribution < -0.4 is 11.5 Å². The summed E-state index contributed by atoms with van der Waals surface area (Å²) in [7, 11) is 0. The number of nitrogen functional groups attached to an aromatic ring is 1. The van der Waals surface area contributed by atoms with E-state index in [1.807, 2.05) is 37.3 Å². The van der Waals surface area contributed by atoms with Gasteiger partial charge in [0.05, 0.1) is 11.5 Å². The van der Waals surface area contributed by atoms with Crippen molar-refractivity contribution >= 4 is 11.6 Å². The highest BCUT2D eigenvalue weighted by molar-refractivity contribution is 6.05. The van der Waals surface area contributed by atoms with Crippen molar-refractivity contribution < 1.29 is 4.79 Å². The number of hydrogen-bond acceptors (Lipinski definition) is 4. The predicted molar refractivity (Wildman–Crippen MR) is 76.0 cm³/mol. The van der Waals surface area contributed by atoms with Gasteiger partial charge in [0, 0.05) is 12.7 Å². The number of carbonyl (C=O) groups is 1. The molecule has 1 atom stereocenters. The number of aryl methyl sites for hydroxylation is 1. The topological polar surface area (TPSA) is 82.0 Å². The molecule has 0 saturated heterocycles. The quantitative estimate of drug-likeness (QED) is 0.817. The lowest BCUT2D eigenvalue weighted by Gasteiger charge is -2.16. The van der Waals surface area contributed by atoms with E-state index in [9.17, 15) is 4.79 Å². The standard InChI is InChI=1S/C15H17N3O/c1-10-7-8-18-15(17)13(10)14(19)12(9-16)11-5-3-2-4-6-11/h2-8,12H,9,16H2,1H3,(H2,17,18). The van der Waals surface area contributed by atoms with Gasteiger partial charge in [0.1, 0.15) is 5.82 Å². The molecule has 1 unspecified atom stereocenters. The smallest absolute Gasteiger partial charge is 0.175 e. The Balaban J connectivity index is 2.42. The van der Waals surface area contributed by atoms with Gasteiger partial charge in [-0.1, -0.05) is 30.3 Å². The Hall–Kier alpha value is -2.20. The number of pyridine rings is 1. The average Bonchev–Trinajstić information content (AvgIpc) is 2.40. The van der Waals surface area contributed by atoms with Crippen LogP contribution in [0.4, 0.5) is 5.82 Å². The summed E-state index contributed by atoms with van der Waals surface area (Å²) in [5, 5.41) is 0. The molecule has 4 nitrogen and oxygen atoms in total. The summed E-state index contributed by atoms with van der Waals surface area (Å²) < 4.78 is 0. The number of hydrogen-bond donors (Lipinski definition) is 2. The monoisotopic (exact) mass is 255 g/mol. The van der Waals surface area contributed by atoms with Crippen LogP contribution in [-0.2, 0) is 0 Å². The normalized spacial score (nSPS) is 12.1. The Labute approximate surface area is 112 Å². The number of benzene rings is 1. The molecule has 0 fully saturated rings. The fourth-order valence-electron chi connectivity index (χ4n) is 2.15. The van der Waals surface area contributed by atoms with Crippen molar-refractivity contribution in [2.24, 2.45) is 5.73 Å². The Kier molecular flexibility index (Phi) is 3.92. The van der Waals surface area contributed by atoms with E-state index in [0.717, 1.165) is 11.1 Å². The molecular weight excluding hydrogens is 238 g/mol. The van der Waals surface area contributed by atoms with Gasteiger partial charge in [0.15, 0.2) is 5.78 Å². The zero-order valence-electron chi connectivity index (χ0n) is 10.8. The summed E-state index contributed by atoms with van der Waals surface area (Å²) in [6, 6.07) is 11.3. The molecule has 1 aromatic heterocycles. The van der Waals surface area contributed by atoms with Gasteiger partial charge in [0.2, 0.25) is 0 Å². The number of anilines is 1. The maximum Gasteiger partial charge on any atom is 0.175 e. The number of nitrogens with two attached hydrogens (primary N) is 2. The third kappa shape index (κ3) is 2.63. The molecule has 0 radical (unpaired) electrons. The van der Waals surface area contributed by atoms with E-state index >= 15 is 0 Å². The Bertz CT molecular complexity index is 561. The van der Waals surface area contributed by atoms with Crippen molar-refractivity contribution in [2.75, 3.05) is 12.3 Å². The molecule has 0 saturated carbocycles. The van der Waals surface area contributed by atoms with Crippen LogP contribution in [0.25, 0.3) is 0 Å². The van der Waals surface area contributed by atoms with Gasteiger partial charge in [-0.05, 0) is 24.1 Å². The fraction of sp³-hybridized carbons (Fsp3) is 0.200. The number of ketones is 1. The van der Waals surface area contributed by atoms with Crippen LogP contribution in [0, 0.1) is 6.92 Å². The first-order valence-electron chi connectivity index (χ1n) is 6.15. The van der Waals surface area contributed by atoms with E-state index < -0.39 is 0 Å². The van der Waals surface area contributed by atoms with Crippen LogP contribution >= 0.6 is 0 Å². The van der Waals surface area contributed by atoms with Crippen molar-refractivity contribution in [1.29, 1.82) is 0 Å². The second kappa shape index (κ2) is 5.63. The van der Waals surface area contributed by atoms with Crippen LogP contribution in [-0.4, -0.2) is 17.3 Å². The lowest BCUT2D eigenvalue weighted by Crippen LogP contribution is -2.23. The zero-order valence-corrected chi connectivity index (χ0v) is 10.8. The van der Waals surface area contributed by atoms with Gasteiger partial charge < -0.3 is 11.5 Å². The fourth-order valence-corrected chi connectivity index (χ4v) is 2.15. The Morgan fingerprint density at radius 1 is 1.26 bits per heavy atom. The van der Waals surface area contributed by atoms with E-state index in [4.69, 9.17) is 11.5 Å². The Morgan fingerprint density at radius 2 is 1.95 bits per heavy atom. The van der Waals surface area contributed by atoms with Crippen LogP contribution in [0.2, 0.25) is 0 Å². The van der Waals surface area contributed by atoms with Crippen molar-refractivity contribution in [3.05, 3.63) is 59.3 Å². The first-order chi connectivity index (χ1) is 9.15. The third-order valence-electron chi connectivity index (χ3n) is 3.19. The van der Waals surface area contributed by atoms with E-state index in [1.54, 1.807) is 12.3 Å². The second-order valence-electron chi connectivity index (χ2n) is 4.45. The number of rotatable bonds is 4. The SMILES string of the molecule is Cc1ccnc(N)c1C(=O)C(CN)c1ccccc1. The molecular formula is C15H17N3O. The molecule has 0 bridgehead atoms. The first kappa shape index (κ1) is 13.2. The highest BCUT2D eigenvalue weighted by Gasteiger charge is 2.24. The summed E-state index contributed by atoms with van der Waals surface area (Å²) in [6.45, 7) is 2.10. The van der Waals surface area contributed by atoms with Crippen molar-refractivity contribution in [1.82, 2.24) is 4.98 Å². The molecule has 0 amide bonds. The van der Waals surface area contributed by atoms with E-state index in [0.29, 0.717) is 5.56 Å². The van der Waals surface area contributed by atoms with Gasteiger partial charge in [-0.2, -0.15) is 0 Å². The van der Waals surface area contributed by atoms with Crippen molar-refractivity contribution in [2.45, 2.75) is 12.8 Å². The lowest BCUT2D eigenvalue weighted by molar-refractivity contribution is 0.0962. The van der Waals surface area contributed by atoms with Gasteiger partial charge >= 0.3 is 0 Å². The molecule has 19 heavy (non-hydrogen) atoms. The zero-order chi connectivity index (χ0) is 13.8. The number of nitrogens with zero attached hydrogens (tertiary/aromatic N) is 1. The van der Waals surface area contributed by atoms with Crippen LogP contribution in [0.5, 0.6) is 0 Å². The molecule has 4 N–H and O–H groups in total. The summed E-state index contributed by atoms with van der Waals surface area (Å²) in [6.07, 6.45) is 1.60. The number of Topliss-reactive ketones (excluding diaryl/α,β-unsaturated/α-hetero) is 1.